The van der Waals surface area contributed by atoms with E-state index in [-0.39, 0.29) is 61.1 Å². The number of aromatic nitrogens is 2. The predicted molar refractivity (Wildman–Crippen MR) is 188 cm³/mol. The number of alkyl halides is 6. The van der Waals surface area contributed by atoms with Gasteiger partial charge in [0.1, 0.15) is 17.5 Å². The standard InChI is InChI=1S/C40H46F6N4O4/c1-22-14-23-16-24(15-22)39(18-23,37(52)53)48-36(51)31-12-13-33(47-35(31)40(44,45)46)32-19-50(27-4-2-25(41)3-5-27)34-17-29(10-11-30(32)34)54-28-8-6-26(7-9-28)49-20-38(42,43)21-49/h10-13,17,19,22-28H,2-9,14-16,18,20-21H2,1H3,(H,48,51)(H,52,53)/t22?,23?,24?,25?,26-,27?,28-,39?. The van der Waals surface area contributed by atoms with Crippen LogP contribution < -0.4 is 10.1 Å². The molecule has 0 spiro atoms. The smallest absolute Gasteiger partial charge is 0.434 e. The molecule has 4 unspecified atom stereocenters. The Hall–Kier alpha value is -3.81. The first-order valence-corrected chi connectivity index (χ1v) is 19.3. The van der Waals surface area contributed by atoms with E-state index in [0.29, 0.717) is 73.6 Å². The van der Waals surface area contributed by atoms with E-state index in [9.17, 15) is 41.0 Å². The van der Waals surface area contributed by atoms with Gasteiger partial charge in [0.15, 0.2) is 5.69 Å². The fraction of sp³-hybridized carbons (Fsp3) is 0.625. The Bertz CT molecular complexity index is 1910. The highest BCUT2D eigenvalue weighted by Crippen LogP contribution is 2.51. The number of carbonyl (C=O) groups excluding carboxylic acids is 1. The molecule has 1 amide bonds. The lowest BCUT2D eigenvalue weighted by atomic mass is 9.78. The maximum atomic E-state index is 14.7. The van der Waals surface area contributed by atoms with Gasteiger partial charge in [0.2, 0.25) is 0 Å². The van der Waals surface area contributed by atoms with E-state index in [1.54, 1.807) is 18.3 Å². The van der Waals surface area contributed by atoms with Crippen LogP contribution in [-0.4, -0.2) is 74.3 Å². The Kier molecular flexibility index (Phi) is 9.45. The van der Waals surface area contributed by atoms with Crippen LogP contribution in [0.2, 0.25) is 0 Å². The van der Waals surface area contributed by atoms with Crippen molar-refractivity contribution in [1.82, 2.24) is 19.8 Å². The summed E-state index contributed by atoms with van der Waals surface area (Å²) in [6.07, 6.45) is 2.56. The summed E-state index contributed by atoms with van der Waals surface area (Å²) in [4.78, 5) is 32.2. The lowest BCUT2D eigenvalue weighted by Gasteiger charge is -2.46. The van der Waals surface area contributed by atoms with Gasteiger partial charge in [0.05, 0.1) is 36.0 Å². The molecule has 4 atom stereocenters. The van der Waals surface area contributed by atoms with Gasteiger partial charge in [0, 0.05) is 35.3 Å². The van der Waals surface area contributed by atoms with Crippen molar-refractivity contribution in [3.8, 4) is 17.0 Å². The van der Waals surface area contributed by atoms with Gasteiger partial charge in [-0.25, -0.2) is 22.9 Å². The molecule has 14 heteroatoms. The molecule has 2 N–H and O–H groups in total. The van der Waals surface area contributed by atoms with Crippen molar-refractivity contribution in [1.29, 1.82) is 0 Å². The average Bonchev–Trinajstić information content (AvgIpc) is 3.61. The molecule has 54 heavy (non-hydrogen) atoms. The van der Waals surface area contributed by atoms with Crippen molar-refractivity contribution in [2.45, 2.75) is 126 Å². The lowest BCUT2D eigenvalue weighted by Crippen LogP contribution is -2.60. The van der Waals surface area contributed by atoms with E-state index >= 15 is 0 Å². The van der Waals surface area contributed by atoms with Crippen molar-refractivity contribution in [3.05, 3.63) is 47.8 Å². The van der Waals surface area contributed by atoms with Crippen LogP contribution >= 0.6 is 0 Å². The average molecular weight is 761 g/mol. The summed E-state index contributed by atoms with van der Waals surface area (Å²) in [6, 6.07) is 7.81. The van der Waals surface area contributed by atoms with Gasteiger partial charge in [-0.3, -0.25) is 9.69 Å². The van der Waals surface area contributed by atoms with Crippen LogP contribution in [0, 0.1) is 17.8 Å². The monoisotopic (exact) mass is 760 g/mol. The summed E-state index contributed by atoms with van der Waals surface area (Å²) in [5.74, 6) is -4.44. The SMILES string of the molecule is CC1CC2CC(C1)C(NC(=O)c1ccc(-c3cn(C4CCC(F)CC4)c4cc(O[C@H]5CC[C@H](N6CC(F)(F)C6)CC5)ccc34)nc1C(F)(F)F)(C(=O)O)C2. The first-order chi connectivity index (χ1) is 25.6. The van der Waals surface area contributed by atoms with Crippen molar-refractivity contribution in [3.63, 3.8) is 0 Å². The Morgan fingerprint density at radius 2 is 1.65 bits per heavy atom. The van der Waals surface area contributed by atoms with Gasteiger partial charge >= 0.3 is 12.1 Å². The molecule has 1 aromatic carbocycles. The van der Waals surface area contributed by atoms with Gasteiger partial charge < -0.3 is 19.7 Å². The zero-order valence-corrected chi connectivity index (χ0v) is 30.2. The molecule has 3 heterocycles. The summed E-state index contributed by atoms with van der Waals surface area (Å²) in [5.41, 5.74) is -2.69. The second kappa shape index (κ2) is 13.7. The molecular formula is C40H46F6N4O4. The minimum absolute atomic E-state index is 0.0103. The molecule has 1 saturated heterocycles. The number of ether oxygens (including phenoxy) is 1. The van der Waals surface area contributed by atoms with Crippen molar-refractivity contribution < 1.29 is 45.8 Å². The molecule has 0 radical (unpaired) electrons. The van der Waals surface area contributed by atoms with Crippen molar-refractivity contribution in [2.75, 3.05) is 13.1 Å². The molecule has 4 saturated carbocycles. The van der Waals surface area contributed by atoms with Gasteiger partial charge in [-0.2, -0.15) is 13.2 Å². The van der Waals surface area contributed by atoms with Crippen molar-refractivity contribution >= 4 is 22.8 Å². The lowest BCUT2D eigenvalue weighted by molar-refractivity contribution is -0.151. The van der Waals surface area contributed by atoms with Crippen LogP contribution in [0.3, 0.4) is 0 Å². The fourth-order valence-corrected chi connectivity index (χ4v) is 10.3. The summed E-state index contributed by atoms with van der Waals surface area (Å²) in [7, 11) is 0. The number of pyridine rings is 1. The zero-order chi connectivity index (χ0) is 38.2. The molecule has 4 aliphatic carbocycles. The number of aliphatic carboxylic acids is 1. The Morgan fingerprint density at radius 1 is 0.944 bits per heavy atom. The molecule has 8 rings (SSSR count). The number of benzene rings is 1. The zero-order valence-electron chi connectivity index (χ0n) is 30.2. The summed E-state index contributed by atoms with van der Waals surface area (Å²) >= 11 is 0. The quantitative estimate of drug-likeness (QED) is 0.223. The number of nitrogens with zero attached hydrogens (tertiary/aromatic N) is 3. The van der Waals surface area contributed by atoms with E-state index in [4.69, 9.17) is 4.74 Å². The van der Waals surface area contributed by atoms with Crippen molar-refractivity contribution in [2.24, 2.45) is 17.8 Å². The largest absolute Gasteiger partial charge is 0.490 e. The van der Waals surface area contributed by atoms with E-state index in [1.165, 1.54) is 6.07 Å². The number of carboxylic acids is 1. The second-order valence-corrected chi connectivity index (χ2v) is 16.7. The Labute approximate surface area is 309 Å². The number of likely N-dealkylation sites (tertiary alicyclic amines) is 1. The minimum Gasteiger partial charge on any atom is -0.490 e. The van der Waals surface area contributed by atoms with Crippen LogP contribution in [0.15, 0.2) is 36.5 Å². The third kappa shape index (κ3) is 6.96. The second-order valence-electron chi connectivity index (χ2n) is 16.7. The Balaban J connectivity index is 1.09. The number of amides is 1. The number of nitrogens with one attached hydrogen (secondary N) is 1. The van der Waals surface area contributed by atoms with E-state index in [1.807, 2.05) is 22.5 Å². The molecule has 5 fully saturated rings. The third-order valence-corrected chi connectivity index (χ3v) is 12.9. The molecule has 292 valence electrons. The maximum Gasteiger partial charge on any atom is 0.434 e. The number of fused-ring (bicyclic) bond motifs is 3. The van der Waals surface area contributed by atoms with Gasteiger partial charge in [-0.15, -0.1) is 0 Å². The molecule has 3 aromatic rings. The highest BCUT2D eigenvalue weighted by Gasteiger charge is 2.56. The summed E-state index contributed by atoms with van der Waals surface area (Å²) < 4.78 is 93.6. The third-order valence-electron chi connectivity index (χ3n) is 12.9. The van der Waals surface area contributed by atoms with Gasteiger partial charge in [0.25, 0.3) is 11.8 Å². The van der Waals surface area contributed by atoms with Crippen LogP contribution in [0.25, 0.3) is 22.2 Å². The maximum absolute atomic E-state index is 14.7. The fourth-order valence-electron chi connectivity index (χ4n) is 10.3. The summed E-state index contributed by atoms with van der Waals surface area (Å²) in [5, 5.41) is 13.5. The molecule has 2 bridgehead atoms. The molecule has 2 aromatic heterocycles. The number of halogens is 6. The predicted octanol–water partition coefficient (Wildman–Crippen LogP) is 8.83. The van der Waals surface area contributed by atoms with Crippen LogP contribution in [0.1, 0.15) is 106 Å². The Morgan fingerprint density at radius 3 is 2.31 bits per heavy atom. The molecular weight excluding hydrogens is 714 g/mol. The highest BCUT2D eigenvalue weighted by molar-refractivity contribution is 6.00. The minimum atomic E-state index is -5.02. The molecule has 1 aliphatic heterocycles. The normalized spacial score (nSPS) is 32.6. The first kappa shape index (κ1) is 37.1. The van der Waals surface area contributed by atoms with E-state index in [0.717, 1.165) is 25.3 Å². The molecule has 5 aliphatic rings. The topological polar surface area (TPSA) is 96.7 Å². The van der Waals surface area contributed by atoms with E-state index < -0.39 is 46.9 Å². The molecule has 8 nitrogen and oxygen atoms in total. The summed E-state index contributed by atoms with van der Waals surface area (Å²) in [6.45, 7) is 1.61. The van der Waals surface area contributed by atoms with Gasteiger partial charge in [-0.1, -0.05) is 6.92 Å². The van der Waals surface area contributed by atoms with Crippen LogP contribution in [-0.2, 0) is 11.0 Å². The number of carboxylic acid groups (broad SMARTS) is 1. The van der Waals surface area contributed by atoms with Crippen LogP contribution in [0.4, 0.5) is 26.3 Å². The number of rotatable bonds is 8. The highest BCUT2D eigenvalue weighted by atomic mass is 19.4. The first-order valence-electron chi connectivity index (χ1n) is 19.3. The number of hydrogen-bond donors (Lipinski definition) is 2. The number of carbonyl (C=O) groups is 2. The van der Waals surface area contributed by atoms with Crippen LogP contribution in [0.5, 0.6) is 5.75 Å². The van der Waals surface area contributed by atoms with Gasteiger partial charge in [-0.05, 0) is 119 Å². The van der Waals surface area contributed by atoms with E-state index in [2.05, 4.69) is 10.3 Å². The number of hydrogen-bond acceptors (Lipinski definition) is 5.